The molecule has 1 saturated carbocycles. The molecule has 0 N–H and O–H groups in total. The first kappa shape index (κ1) is 14.0. The summed E-state index contributed by atoms with van der Waals surface area (Å²) in [4.78, 5) is 6.08. The Morgan fingerprint density at radius 2 is 1.55 bits per heavy atom. The molecule has 0 radical (unpaired) electrons. The van der Waals surface area contributed by atoms with E-state index >= 15 is 0 Å². The lowest BCUT2D eigenvalue weighted by atomic mass is 9.80. The molecule has 1 saturated heterocycles. The lowest BCUT2D eigenvalue weighted by Crippen LogP contribution is -2.26. The monoisotopic (exact) mass is 293 g/mol. The highest BCUT2D eigenvalue weighted by atomic mass is 16.9. The first-order valence-corrected chi connectivity index (χ1v) is 8.37. The fourth-order valence-corrected chi connectivity index (χ4v) is 3.90. The number of benzene rings is 2. The third kappa shape index (κ3) is 2.47. The van der Waals surface area contributed by atoms with E-state index in [0.29, 0.717) is 12.0 Å². The zero-order valence-electron chi connectivity index (χ0n) is 13.1. The van der Waals surface area contributed by atoms with Crippen LogP contribution in [-0.4, -0.2) is 10.8 Å². The van der Waals surface area contributed by atoms with Crippen molar-refractivity contribution < 1.29 is 4.84 Å². The van der Waals surface area contributed by atoms with E-state index in [1.165, 1.54) is 24.0 Å². The van der Waals surface area contributed by atoms with Gasteiger partial charge in [-0.15, -0.1) is 5.06 Å². The van der Waals surface area contributed by atoms with E-state index in [2.05, 4.69) is 72.7 Å². The standard InChI is InChI=1S/C20H23NO/c1-16(17-8-4-2-5-9-17)21-20(22-21)14-12-19(13-15-20)18-10-6-3-7-11-18/h2-11,16,19H,12-15H2,1H3/t16-,19?,20?,21?/m1/s1. The molecule has 114 valence electrons. The van der Waals surface area contributed by atoms with Crippen LogP contribution in [-0.2, 0) is 4.84 Å². The predicted molar refractivity (Wildman–Crippen MR) is 88.2 cm³/mol. The summed E-state index contributed by atoms with van der Waals surface area (Å²) in [5.74, 6) is 0.699. The van der Waals surface area contributed by atoms with Gasteiger partial charge in [0.2, 0.25) is 0 Å². The number of rotatable bonds is 3. The van der Waals surface area contributed by atoms with E-state index < -0.39 is 0 Å². The average molecular weight is 293 g/mol. The van der Waals surface area contributed by atoms with E-state index in [4.69, 9.17) is 4.84 Å². The van der Waals surface area contributed by atoms with Gasteiger partial charge in [-0.05, 0) is 49.7 Å². The smallest absolute Gasteiger partial charge is 0.165 e. The van der Waals surface area contributed by atoms with E-state index in [9.17, 15) is 0 Å². The van der Waals surface area contributed by atoms with Gasteiger partial charge in [-0.3, -0.25) is 4.84 Å². The van der Waals surface area contributed by atoms with Gasteiger partial charge in [0.15, 0.2) is 5.72 Å². The Hall–Kier alpha value is -1.64. The third-order valence-electron chi connectivity index (χ3n) is 5.31. The number of hydrogen-bond donors (Lipinski definition) is 0. The first-order chi connectivity index (χ1) is 10.8. The molecule has 0 bridgehead atoms. The lowest BCUT2D eigenvalue weighted by molar-refractivity contribution is 0.151. The highest BCUT2D eigenvalue weighted by molar-refractivity contribution is 5.22. The number of hydrogen-bond acceptors (Lipinski definition) is 2. The Labute approximate surface area is 132 Å². The maximum Gasteiger partial charge on any atom is 0.165 e. The molecule has 2 heteroatoms. The van der Waals surface area contributed by atoms with Crippen LogP contribution in [0.3, 0.4) is 0 Å². The number of hydroxylamine groups is 2. The Morgan fingerprint density at radius 3 is 2.18 bits per heavy atom. The summed E-state index contributed by atoms with van der Waals surface area (Å²) < 4.78 is 0. The molecule has 1 aliphatic carbocycles. The van der Waals surface area contributed by atoms with Crippen molar-refractivity contribution in [2.75, 3.05) is 0 Å². The first-order valence-electron chi connectivity index (χ1n) is 8.37. The Balaban J connectivity index is 1.40. The molecule has 0 aromatic heterocycles. The fourth-order valence-electron chi connectivity index (χ4n) is 3.90. The zero-order chi connectivity index (χ0) is 15.0. The minimum Gasteiger partial charge on any atom is -0.271 e. The summed E-state index contributed by atoms with van der Waals surface area (Å²) in [6, 6.07) is 21.9. The van der Waals surface area contributed by atoms with Crippen molar-refractivity contribution in [2.45, 2.75) is 50.3 Å². The van der Waals surface area contributed by atoms with Gasteiger partial charge in [-0.2, -0.15) is 0 Å². The molecule has 0 amide bonds. The third-order valence-corrected chi connectivity index (χ3v) is 5.31. The normalized spacial score (nSPS) is 31.9. The fraction of sp³-hybridized carbons (Fsp3) is 0.400. The van der Waals surface area contributed by atoms with Gasteiger partial charge in [-0.25, -0.2) is 0 Å². The van der Waals surface area contributed by atoms with Crippen LogP contribution in [0.2, 0.25) is 0 Å². The highest BCUT2D eigenvalue weighted by Gasteiger charge is 2.58. The second-order valence-electron chi connectivity index (χ2n) is 6.63. The highest BCUT2D eigenvalue weighted by Crippen LogP contribution is 2.54. The maximum atomic E-state index is 6.08. The van der Waals surface area contributed by atoms with Crippen molar-refractivity contribution in [3.05, 3.63) is 71.8 Å². The summed E-state index contributed by atoms with van der Waals surface area (Å²) in [6.45, 7) is 2.24. The maximum absolute atomic E-state index is 6.08. The Bertz CT molecular complexity index is 617. The van der Waals surface area contributed by atoms with Crippen LogP contribution in [0.25, 0.3) is 0 Å². The van der Waals surface area contributed by atoms with Crippen LogP contribution in [0.5, 0.6) is 0 Å². The molecule has 2 aliphatic rings. The molecule has 1 unspecified atom stereocenters. The SMILES string of the molecule is C[C@H](c1ccccc1)N1OC12CCC(c1ccccc1)CC2. The van der Waals surface area contributed by atoms with E-state index in [0.717, 1.165) is 12.8 Å². The van der Waals surface area contributed by atoms with Crippen LogP contribution in [0, 0.1) is 0 Å². The number of nitrogens with zero attached hydrogens (tertiary/aromatic N) is 1. The second-order valence-corrected chi connectivity index (χ2v) is 6.63. The van der Waals surface area contributed by atoms with Crippen molar-refractivity contribution >= 4 is 0 Å². The molecule has 2 nitrogen and oxygen atoms in total. The molecular weight excluding hydrogens is 270 g/mol. The molecule has 2 aromatic carbocycles. The predicted octanol–water partition coefficient (Wildman–Crippen LogP) is 5.05. The van der Waals surface area contributed by atoms with Crippen LogP contribution in [0.4, 0.5) is 0 Å². The largest absolute Gasteiger partial charge is 0.271 e. The zero-order valence-corrected chi connectivity index (χ0v) is 13.1. The van der Waals surface area contributed by atoms with Gasteiger partial charge in [0.05, 0.1) is 6.04 Å². The summed E-state index contributed by atoms with van der Waals surface area (Å²) >= 11 is 0. The molecule has 2 fully saturated rings. The minimum absolute atomic E-state index is 0.0144. The summed E-state index contributed by atoms with van der Waals surface area (Å²) in [7, 11) is 0. The van der Waals surface area contributed by atoms with Crippen LogP contribution in [0.15, 0.2) is 60.7 Å². The molecule has 22 heavy (non-hydrogen) atoms. The van der Waals surface area contributed by atoms with E-state index in [1.54, 1.807) is 0 Å². The molecule has 1 aliphatic heterocycles. The van der Waals surface area contributed by atoms with Crippen molar-refractivity contribution in [3.8, 4) is 0 Å². The van der Waals surface area contributed by atoms with Crippen molar-refractivity contribution in [3.63, 3.8) is 0 Å². The average Bonchev–Trinajstić information content (AvgIpc) is 3.30. The van der Waals surface area contributed by atoms with Crippen LogP contribution >= 0.6 is 0 Å². The van der Waals surface area contributed by atoms with Crippen LogP contribution in [0.1, 0.15) is 55.7 Å². The molecular formula is C20H23NO. The van der Waals surface area contributed by atoms with Crippen molar-refractivity contribution in [1.29, 1.82) is 0 Å². The quantitative estimate of drug-likeness (QED) is 0.736. The summed E-state index contributed by atoms with van der Waals surface area (Å²) in [5, 5.41) is 2.23. The van der Waals surface area contributed by atoms with Gasteiger partial charge >= 0.3 is 0 Å². The molecule has 2 atom stereocenters. The van der Waals surface area contributed by atoms with E-state index in [-0.39, 0.29) is 5.72 Å². The molecule has 1 spiro atoms. The van der Waals surface area contributed by atoms with Gasteiger partial charge in [0, 0.05) is 0 Å². The molecule has 2 aromatic rings. The van der Waals surface area contributed by atoms with E-state index in [1.807, 2.05) is 0 Å². The summed E-state index contributed by atoms with van der Waals surface area (Å²) in [6.07, 6.45) is 4.73. The van der Waals surface area contributed by atoms with Gasteiger partial charge < -0.3 is 0 Å². The molecule has 1 heterocycles. The lowest BCUT2D eigenvalue weighted by Gasteiger charge is -2.27. The summed E-state index contributed by atoms with van der Waals surface area (Å²) in [5.41, 5.74) is 2.84. The van der Waals surface area contributed by atoms with Crippen LogP contribution < -0.4 is 0 Å². The van der Waals surface area contributed by atoms with Crippen molar-refractivity contribution in [1.82, 2.24) is 5.06 Å². The minimum atomic E-state index is 0.0144. The Kier molecular flexibility index (Phi) is 3.51. The Morgan fingerprint density at radius 1 is 0.955 bits per heavy atom. The van der Waals surface area contributed by atoms with Gasteiger partial charge in [0.1, 0.15) is 0 Å². The topological polar surface area (TPSA) is 15.5 Å². The second kappa shape index (κ2) is 5.53. The van der Waals surface area contributed by atoms with Crippen molar-refractivity contribution in [2.24, 2.45) is 0 Å². The van der Waals surface area contributed by atoms with Gasteiger partial charge in [0.25, 0.3) is 0 Å². The molecule has 4 rings (SSSR count). The van der Waals surface area contributed by atoms with Gasteiger partial charge in [-0.1, -0.05) is 60.7 Å².